The summed E-state index contributed by atoms with van der Waals surface area (Å²) >= 11 is 0. The van der Waals surface area contributed by atoms with Crippen LogP contribution in [-0.4, -0.2) is 52.5 Å². The van der Waals surface area contributed by atoms with Gasteiger partial charge in [0.2, 0.25) is 0 Å². The molecule has 3 aromatic rings. The van der Waals surface area contributed by atoms with Crippen LogP contribution in [0.2, 0.25) is 0 Å². The van der Waals surface area contributed by atoms with Crippen molar-refractivity contribution in [3.63, 3.8) is 0 Å². The fourth-order valence-electron chi connectivity index (χ4n) is 3.95. The molecule has 1 aliphatic rings. The van der Waals surface area contributed by atoms with Crippen LogP contribution in [0.4, 0.5) is 21.9 Å². The minimum atomic E-state index is -0.442. The molecular formula is C27H30N4O5. The number of ether oxygens (including phenoxy) is 3. The van der Waals surface area contributed by atoms with Crippen molar-refractivity contribution in [2.45, 2.75) is 6.54 Å². The number of nitrogens with one attached hydrogen (secondary N) is 3. The van der Waals surface area contributed by atoms with Crippen LogP contribution >= 0.6 is 0 Å². The summed E-state index contributed by atoms with van der Waals surface area (Å²) in [6.07, 6.45) is 0. The smallest absolute Gasteiger partial charge is 0.323 e. The van der Waals surface area contributed by atoms with Crippen molar-refractivity contribution in [3.05, 3.63) is 77.9 Å². The Labute approximate surface area is 210 Å². The summed E-state index contributed by atoms with van der Waals surface area (Å²) in [5.74, 6) is 1.02. The van der Waals surface area contributed by atoms with Gasteiger partial charge in [0.1, 0.15) is 11.5 Å². The second kappa shape index (κ2) is 11.9. The van der Waals surface area contributed by atoms with E-state index in [1.54, 1.807) is 38.5 Å². The molecule has 0 radical (unpaired) electrons. The molecule has 1 aliphatic heterocycles. The number of anilines is 3. The van der Waals surface area contributed by atoms with Crippen molar-refractivity contribution in [2.24, 2.45) is 0 Å². The molecule has 1 heterocycles. The molecule has 0 unspecified atom stereocenters. The van der Waals surface area contributed by atoms with E-state index >= 15 is 0 Å². The topological polar surface area (TPSA) is 101 Å². The molecular weight excluding hydrogens is 460 g/mol. The Bertz CT molecular complexity index is 1210. The van der Waals surface area contributed by atoms with Gasteiger partial charge in [0.15, 0.2) is 0 Å². The van der Waals surface area contributed by atoms with Crippen molar-refractivity contribution < 1.29 is 23.8 Å². The van der Waals surface area contributed by atoms with E-state index < -0.39 is 6.03 Å². The van der Waals surface area contributed by atoms with Crippen LogP contribution < -0.4 is 30.3 Å². The third kappa shape index (κ3) is 6.25. The Morgan fingerprint density at radius 3 is 2.44 bits per heavy atom. The highest BCUT2D eigenvalue weighted by Crippen LogP contribution is 2.29. The number of hydrogen-bond acceptors (Lipinski definition) is 6. The monoisotopic (exact) mass is 490 g/mol. The number of nitrogens with zero attached hydrogens (tertiary/aromatic N) is 1. The molecule has 9 nitrogen and oxygen atoms in total. The van der Waals surface area contributed by atoms with Gasteiger partial charge >= 0.3 is 6.03 Å². The lowest BCUT2D eigenvalue weighted by Crippen LogP contribution is -2.37. The summed E-state index contributed by atoms with van der Waals surface area (Å²) in [6.45, 7) is 2.90. The lowest BCUT2D eigenvalue weighted by atomic mass is 10.1. The maximum Gasteiger partial charge on any atom is 0.323 e. The summed E-state index contributed by atoms with van der Waals surface area (Å²) in [5.41, 5.74) is 3.23. The van der Waals surface area contributed by atoms with Crippen LogP contribution in [0.3, 0.4) is 0 Å². The second-order valence-electron chi connectivity index (χ2n) is 8.14. The number of methoxy groups -OCH3 is 2. The Hall–Kier alpha value is -4.24. The van der Waals surface area contributed by atoms with Gasteiger partial charge in [-0.25, -0.2) is 4.79 Å². The number of morpholine rings is 1. The van der Waals surface area contributed by atoms with E-state index in [1.807, 2.05) is 42.5 Å². The molecule has 4 rings (SSSR count). The number of carbonyl (C=O) groups is 2. The fourth-order valence-corrected chi connectivity index (χ4v) is 3.95. The van der Waals surface area contributed by atoms with Crippen LogP contribution in [-0.2, 0) is 11.3 Å². The second-order valence-corrected chi connectivity index (χ2v) is 8.14. The van der Waals surface area contributed by atoms with E-state index in [0.717, 1.165) is 17.0 Å². The number of para-hydroxylation sites is 2. The minimum Gasteiger partial charge on any atom is -0.497 e. The van der Waals surface area contributed by atoms with Crippen molar-refractivity contribution >= 4 is 29.0 Å². The first-order valence-corrected chi connectivity index (χ1v) is 11.7. The van der Waals surface area contributed by atoms with Gasteiger partial charge < -0.3 is 35.1 Å². The molecule has 3 N–H and O–H groups in total. The van der Waals surface area contributed by atoms with Gasteiger partial charge in [0.05, 0.1) is 44.5 Å². The van der Waals surface area contributed by atoms with Gasteiger partial charge in [-0.3, -0.25) is 4.79 Å². The van der Waals surface area contributed by atoms with E-state index in [0.29, 0.717) is 55.5 Å². The fraction of sp³-hybridized carbons (Fsp3) is 0.259. The zero-order valence-electron chi connectivity index (χ0n) is 20.4. The molecule has 3 aromatic carbocycles. The molecule has 36 heavy (non-hydrogen) atoms. The summed E-state index contributed by atoms with van der Waals surface area (Å²) < 4.78 is 16.0. The summed E-state index contributed by atoms with van der Waals surface area (Å²) in [4.78, 5) is 28.0. The number of benzene rings is 3. The van der Waals surface area contributed by atoms with Crippen LogP contribution in [0.1, 0.15) is 15.9 Å². The summed E-state index contributed by atoms with van der Waals surface area (Å²) in [5, 5.41) is 8.65. The van der Waals surface area contributed by atoms with Crippen molar-refractivity contribution in [1.82, 2.24) is 5.32 Å². The first-order chi connectivity index (χ1) is 17.6. The zero-order chi connectivity index (χ0) is 25.3. The standard InChI is InChI=1S/C27H30N4O5/c1-34-21-7-5-6-19(16-21)18-28-26(32)20-10-11-24(31-12-14-36-15-13-31)23(17-20)30-27(33)29-22-8-3-4-9-25(22)35-2/h3-11,16-17H,12-15,18H2,1-2H3,(H,28,32)(H2,29,30,33). The van der Waals surface area contributed by atoms with Gasteiger partial charge in [-0.1, -0.05) is 24.3 Å². The molecule has 3 amide bonds. The van der Waals surface area contributed by atoms with Gasteiger partial charge in [-0.05, 0) is 48.0 Å². The van der Waals surface area contributed by atoms with E-state index in [4.69, 9.17) is 14.2 Å². The first-order valence-electron chi connectivity index (χ1n) is 11.7. The molecule has 0 bridgehead atoms. The highest BCUT2D eigenvalue weighted by Gasteiger charge is 2.19. The number of amides is 3. The van der Waals surface area contributed by atoms with Crippen molar-refractivity contribution in [2.75, 3.05) is 56.1 Å². The largest absolute Gasteiger partial charge is 0.497 e. The van der Waals surface area contributed by atoms with E-state index in [-0.39, 0.29) is 5.91 Å². The normalized spacial score (nSPS) is 13.0. The average Bonchev–Trinajstić information content (AvgIpc) is 2.92. The van der Waals surface area contributed by atoms with Crippen LogP contribution in [0.15, 0.2) is 66.7 Å². The maximum atomic E-state index is 13.0. The number of hydrogen-bond donors (Lipinski definition) is 3. The Balaban J connectivity index is 1.52. The molecule has 0 atom stereocenters. The molecule has 0 aromatic heterocycles. The summed E-state index contributed by atoms with van der Waals surface area (Å²) in [7, 11) is 3.15. The minimum absolute atomic E-state index is 0.250. The van der Waals surface area contributed by atoms with Gasteiger partial charge in [-0.2, -0.15) is 0 Å². The number of carbonyl (C=O) groups excluding carboxylic acids is 2. The predicted molar refractivity (Wildman–Crippen MR) is 139 cm³/mol. The Kier molecular flexibility index (Phi) is 8.25. The predicted octanol–water partition coefficient (Wildman–Crippen LogP) is 4.11. The van der Waals surface area contributed by atoms with E-state index in [2.05, 4.69) is 20.9 Å². The SMILES string of the molecule is COc1cccc(CNC(=O)c2ccc(N3CCOCC3)c(NC(=O)Nc3ccccc3OC)c2)c1. The zero-order valence-corrected chi connectivity index (χ0v) is 20.4. The van der Waals surface area contributed by atoms with E-state index in [9.17, 15) is 9.59 Å². The molecule has 9 heteroatoms. The first kappa shape index (κ1) is 24.9. The van der Waals surface area contributed by atoms with Crippen LogP contribution in [0.5, 0.6) is 11.5 Å². The highest BCUT2D eigenvalue weighted by molar-refractivity contribution is 6.04. The van der Waals surface area contributed by atoms with Crippen LogP contribution in [0.25, 0.3) is 0 Å². The van der Waals surface area contributed by atoms with Crippen molar-refractivity contribution in [3.8, 4) is 11.5 Å². The lowest BCUT2D eigenvalue weighted by Gasteiger charge is -2.30. The van der Waals surface area contributed by atoms with Gasteiger partial charge in [0, 0.05) is 25.2 Å². The van der Waals surface area contributed by atoms with Gasteiger partial charge in [-0.15, -0.1) is 0 Å². The third-order valence-corrected chi connectivity index (χ3v) is 5.80. The van der Waals surface area contributed by atoms with Crippen molar-refractivity contribution in [1.29, 1.82) is 0 Å². The average molecular weight is 491 g/mol. The van der Waals surface area contributed by atoms with E-state index in [1.165, 1.54) is 0 Å². The third-order valence-electron chi connectivity index (χ3n) is 5.80. The number of rotatable bonds is 8. The van der Waals surface area contributed by atoms with Crippen LogP contribution in [0, 0.1) is 0 Å². The Morgan fingerprint density at radius 1 is 0.889 bits per heavy atom. The number of urea groups is 1. The summed E-state index contributed by atoms with van der Waals surface area (Å²) in [6, 6.07) is 19.5. The molecule has 0 spiro atoms. The lowest BCUT2D eigenvalue weighted by molar-refractivity contribution is 0.0950. The maximum absolute atomic E-state index is 13.0. The molecule has 1 fully saturated rings. The molecule has 0 aliphatic carbocycles. The highest BCUT2D eigenvalue weighted by atomic mass is 16.5. The molecule has 0 saturated carbocycles. The molecule has 1 saturated heterocycles. The Morgan fingerprint density at radius 2 is 1.67 bits per heavy atom. The molecule has 188 valence electrons. The quantitative estimate of drug-likeness (QED) is 0.439. The van der Waals surface area contributed by atoms with Gasteiger partial charge in [0.25, 0.3) is 5.91 Å².